The van der Waals surface area contributed by atoms with Crippen molar-refractivity contribution in [2.45, 2.75) is 0 Å². The Balaban J connectivity index is 1.19. The van der Waals surface area contributed by atoms with Crippen LogP contribution in [0.5, 0.6) is 0 Å². The van der Waals surface area contributed by atoms with Crippen molar-refractivity contribution >= 4 is 82.6 Å². The zero-order valence-electron chi connectivity index (χ0n) is 28.4. The van der Waals surface area contributed by atoms with Gasteiger partial charge in [-0.25, -0.2) is 9.97 Å². The highest BCUT2D eigenvalue weighted by Crippen LogP contribution is 2.44. The van der Waals surface area contributed by atoms with Crippen LogP contribution in [0.2, 0.25) is 0 Å². The third-order valence-electron chi connectivity index (χ3n) is 10.2. The molecule has 11 aromatic rings. The Bertz CT molecular complexity index is 3140. The maximum absolute atomic E-state index is 6.90. The zero-order chi connectivity index (χ0) is 34.9. The number of furan rings is 2. The molecule has 0 spiro atoms. The summed E-state index contributed by atoms with van der Waals surface area (Å²) in [7, 11) is 0. The van der Waals surface area contributed by atoms with Crippen LogP contribution in [0.3, 0.4) is 0 Å². The van der Waals surface area contributed by atoms with Crippen LogP contribution in [-0.4, -0.2) is 9.97 Å². The SMILES string of the molecule is c1ccc(N(c2ccccc2)c2ccc3c(c2)oc2c4ccccc4cc(-c4nc(-c5ccc6ccccc6c5)c5oc6ccccc6c5n4)c32)cc1. The molecular formula is C48H29N3O2. The third kappa shape index (κ3) is 4.71. The topological polar surface area (TPSA) is 55.3 Å². The highest BCUT2D eigenvalue weighted by molar-refractivity contribution is 6.21. The van der Waals surface area contributed by atoms with E-state index in [0.29, 0.717) is 11.4 Å². The van der Waals surface area contributed by atoms with E-state index < -0.39 is 0 Å². The summed E-state index contributed by atoms with van der Waals surface area (Å²) in [5, 5.41) is 7.33. The third-order valence-corrected chi connectivity index (χ3v) is 10.2. The molecule has 8 aromatic carbocycles. The maximum Gasteiger partial charge on any atom is 0.180 e. The van der Waals surface area contributed by atoms with Crippen molar-refractivity contribution < 1.29 is 8.83 Å². The molecule has 0 saturated carbocycles. The summed E-state index contributed by atoms with van der Waals surface area (Å²) in [6.07, 6.45) is 0. The molecule has 11 rings (SSSR count). The first-order chi connectivity index (χ1) is 26.3. The molecule has 0 N–H and O–H groups in total. The number of benzene rings is 8. The van der Waals surface area contributed by atoms with Crippen LogP contribution in [0.4, 0.5) is 17.1 Å². The minimum Gasteiger partial charge on any atom is -0.455 e. The molecule has 0 radical (unpaired) electrons. The van der Waals surface area contributed by atoms with E-state index in [1.165, 1.54) is 5.39 Å². The van der Waals surface area contributed by atoms with Crippen molar-refractivity contribution in [2.75, 3.05) is 4.90 Å². The summed E-state index contributed by atoms with van der Waals surface area (Å²) in [5.74, 6) is 0.616. The molecule has 5 nitrogen and oxygen atoms in total. The molecule has 0 fully saturated rings. The molecule has 0 bridgehead atoms. The normalized spacial score (nSPS) is 11.8. The predicted octanol–water partition coefficient (Wildman–Crippen LogP) is 13.4. The van der Waals surface area contributed by atoms with Gasteiger partial charge in [0, 0.05) is 55.8 Å². The number of hydrogen-bond donors (Lipinski definition) is 0. The van der Waals surface area contributed by atoms with Crippen LogP contribution in [0.1, 0.15) is 0 Å². The zero-order valence-corrected chi connectivity index (χ0v) is 28.4. The quantitative estimate of drug-likeness (QED) is 0.181. The summed E-state index contributed by atoms with van der Waals surface area (Å²) >= 11 is 0. The van der Waals surface area contributed by atoms with Gasteiger partial charge in [-0.15, -0.1) is 0 Å². The van der Waals surface area contributed by atoms with Crippen molar-refractivity contribution in [1.29, 1.82) is 0 Å². The van der Waals surface area contributed by atoms with Gasteiger partial charge in [-0.05, 0) is 76.8 Å². The van der Waals surface area contributed by atoms with E-state index in [9.17, 15) is 0 Å². The number of hydrogen-bond acceptors (Lipinski definition) is 5. The molecule has 0 amide bonds. The van der Waals surface area contributed by atoms with Gasteiger partial charge >= 0.3 is 0 Å². The Labute approximate surface area is 304 Å². The van der Waals surface area contributed by atoms with Crippen LogP contribution < -0.4 is 4.90 Å². The predicted molar refractivity (Wildman–Crippen MR) is 217 cm³/mol. The van der Waals surface area contributed by atoms with Gasteiger partial charge in [-0.1, -0.05) is 109 Å². The standard InChI is InChI=1S/C48H29N3O2/c1-3-16-34(17-4-1)51(35-18-5-2-6-19-35)36-25-26-38-42(29-36)53-46-37-20-10-9-15-32(37)28-40(43(38)46)48-49-44(33-24-23-30-13-7-8-14-31(30)27-33)47-45(50-48)39-21-11-12-22-41(39)52-47/h1-29H. The van der Waals surface area contributed by atoms with Gasteiger partial charge in [0.1, 0.15) is 28.0 Å². The van der Waals surface area contributed by atoms with Gasteiger partial charge in [0.05, 0.1) is 0 Å². The fourth-order valence-electron chi connectivity index (χ4n) is 7.76. The second kappa shape index (κ2) is 11.7. The summed E-state index contributed by atoms with van der Waals surface area (Å²) in [4.78, 5) is 12.9. The Hall–Kier alpha value is -7.24. The lowest BCUT2D eigenvalue weighted by atomic mass is 9.99. The minimum atomic E-state index is 0.616. The number of para-hydroxylation sites is 3. The molecule has 5 heteroatoms. The Kier molecular flexibility index (Phi) is 6.48. The van der Waals surface area contributed by atoms with Crippen molar-refractivity contribution in [2.24, 2.45) is 0 Å². The van der Waals surface area contributed by atoms with Crippen LogP contribution in [-0.2, 0) is 0 Å². The highest BCUT2D eigenvalue weighted by Gasteiger charge is 2.23. The van der Waals surface area contributed by atoms with E-state index in [-0.39, 0.29) is 0 Å². The minimum absolute atomic E-state index is 0.616. The van der Waals surface area contributed by atoms with E-state index in [1.807, 2.05) is 30.3 Å². The van der Waals surface area contributed by atoms with Crippen molar-refractivity contribution in [3.63, 3.8) is 0 Å². The number of rotatable bonds is 5. The average molecular weight is 680 g/mol. The van der Waals surface area contributed by atoms with E-state index >= 15 is 0 Å². The molecule has 0 aliphatic heterocycles. The summed E-state index contributed by atoms with van der Waals surface area (Å²) < 4.78 is 13.4. The van der Waals surface area contributed by atoms with E-state index in [1.54, 1.807) is 0 Å². The van der Waals surface area contributed by atoms with Gasteiger partial charge < -0.3 is 13.7 Å². The molecule has 0 unspecified atom stereocenters. The molecule has 0 aliphatic carbocycles. The van der Waals surface area contributed by atoms with Crippen molar-refractivity contribution in [1.82, 2.24) is 9.97 Å². The van der Waals surface area contributed by atoms with Gasteiger partial charge in [0.25, 0.3) is 0 Å². The van der Waals surface area contributed by atoms with Crippen molar-refractivity contribution in [3.05, 3.63) is 176 Å². The lowest BCUT2D eigenvalue weighted by molar-refractivity contribution is 0.667. The van der Waals surface area contributed by atoms with Gasteiger partial charge in [0.2, 0.25) is 0 Å². The Morgan fingerprint density at radius 2 is 1.08 bits per heavy atom. The smallest absolute Gasteiger partial charge is 0.180 e. The first-order valence-corrected chi connectivity index (χ1v) is 17.7. The van der Waals surface area contributed by atoms with Crippen LogP contribution in [0, 0.1) is 0 Å². The molecule has 0 aliphatic rings. The lowest BCUT2D eigenvalue weighted by Crippen LogP contribution is -2.09. The molecule has 3 heterocycles. The monoisotopic (exact) mass is 679 g/mol. The van der Waals surface area contributed by atoms with Gasteiger partial charge in [-0.2, -0.15) is 0 Å². The van der Waals surface area contributed by atoms with Crippen molar-refractivity contribution in [3.8, 4) is 22.6 Å². The summed E-state index contributed by atoms with van der Waals surface area (Å²) in [5.41, 5.74) is 9.59. The Morgan fingerprint density at radius 3 is 1.87 bits per heavy atom. The fraction of sp³-hybridized carbons (Fsp3) is 0. The number of nitrogens with zero attached hydrogens (tertiary/aromatic N) is 3. The molecule has 3 aromatic heterocycles. The largest absolute Gasteiger partial charge is 0.455 e. The van der Waals surface area contributed by atoms with E-state index in [0.717, 1.165) is 88.5 Å². The second-order valence-electron chi connectivity index (χ2n) is 13.4. The number of aromatic nitrogens is 2. The van der Waals surface area contributed by atoms with Crippen LogP contribution >= 0.6 is 0 Å². The molecule has 53 heavy (non-hydrogen) atoms. The molecule has 0 atom stereocenters. The van der Waals surface area contributed by atoms with E-state index in [2.05, 4.69) is 150 Å². The molecular weight excluding hydrogens is 651 g/mol. The molecule has 0 saturated heterocycles. The molecule has 248 valence electrons. The summed E-state index contributed by atoms with van der Waals surface area (Å²) in [6.45, 7) is 0. The second-order valence-corrected chi connectivity index (χ2v) is 13.4. The first kappa shape index (κ1) is 29.5. The lowest BCUT2D eigenvalue weighted by Gasteiger charge is -2.25. The fourth-order valence-corrected chi connectivity index (χ4v) is 7.76. The number of anilines is 3. The van der Waals surface area contributed by atoms with Crippen LogP contribution in [0.15, 0.2) is 185 Å². The first-order valence-electron chi connectivity index (χ1n) is 17.7. The van der Waals surface area contributed by atoms with E-state index in [4.69, 9.17) is 18.8 Å². The van der Waals surface area contributed by atoms with Crippen LogP contribution in [0.25, 0.3) is 88.2 Å². The summed E-state index contributed by atoms with van der Waals surface area (Å²) in [6, 6.07) is 60.8. The Morgan fingerprint density at radius 1 is 0.415 bits per heavy atom. The average Bonchev–Trinajstić information content (AvgIpc) is 3.80. The van der Waals surface area contributed by atoms with Gasteiger partial charge in [-0.3, -0.25) is 0 Å². The van der Waals surface area contributed by atoms with Gasteiger partial charge in [0.15, 0.2) is 11.4 Å². The number of fused-ring (bicyclic) bond motifs is 9. The highest BCUT2D eigenvalue weighted by atomic mass is 16.3. The maximum atomic E-state index is 6.90.